The molecular weight excluding hydrogens is 268 g/mol. The Morgan fingerprint density at radius 2 is 2.31 bits per heavy atom. The smallest absolute Gasteiger partial charge is 0.146 e. The van der Waals surface area contributed by atoms with E-state index in [1.54, 1.807) is 6.33 Å². The second kappa shape index (κ2) is 5.10. The van der Waals surface area contributed by atoms with Crippen LogP contribution >= 0.6 is 15.9 Å². The maximum Gasteiger partial charge on any atom is 0.146 e. The Labute approximate surface area is 105 Å². The molecule has 2 rings (SSSR count). The molecule has 5 heteroatoms. The first-order valence-electron chi connectivity index (χ1n) is 5.55. The normalized spacial score (nSPS) is 21.5. The number of piperidine rings is 1. The predicted octanol–water partition coefficient (Wildman–Crippen LogP) is 1.77. The zero-order valence-corrected chi connectivity index (χ0v) is 11.3. The lowest BCUT2D eigenvalue weighted by Crippen LogP contribution is -2.45. The molecule has 0 spiro atoms. The molecule has 1 aliphatic rings. The van der Waals surface area contributed by atoms with Gasteiger partial charge in [0.2, 0.25) is 0 Å². The molecule has 1 atom stereocenters. The van der Waals surface area contributed by atoms with Gasteiger partial charge in [-0.05, 0) is 42.9 Å². The fourth-order valence-corrected chi connectivity index (χ4v) is 2.58. The van der Waals surface area contributed by atoms with Crippen molar-refractivity contribution in [2.75, 3.05) is 32.1 Å². The van der Waals surface area contributed by atoms with Gasteiger partial charge >= 0.3 is 0 Å². The third-order valence-corrected chi connectivity index (χ3v) is 3.63. The van der Waals surface area contributed by atoms with Crippen molar-refractivity contribution in [2.45, 2.75) is 18.9 Å². The van der Waals surface area contributed by atoms with Crippen molar-refractivity contribution < 1.29 is 0 Å². The fraction of sp³-hybridized carbons (Fsp3) is 0.636. The molecule has 0 aliphatic carbocycles. The first-order valence-corrected chi connectivity index (χ1v) is 6.34. The van der Waals surface area contributed by atoms with Crippen LogP contribution in [-0.4, -0.2) is 48.1 Å². The molecule has 1 aromatic heterocycles. The predicted molar refractivity (Wildman–Crippen MR) is 68.7 cm³/mol. The zero-order valence-electron chi connectivity index (χ0n) is 9.73. The molecule has 4 nitrogen and oxygen atoms in total. The highest BCUT2D eigenvalue weighted by Crippen LogP contribution is 2.25. The van der Waals surface area contributed by atoms with Crippen LogP contribution in [-0.2, 0) is 0 Å². The van der Waals surface area contributed by atoms with Gasteiger partial charge in [-0.2, -0.15) is 0 Å². The van der Waals surface area contributed by atoms with Crippen LogP contribution in [0.15, 0.2) is 17.0 Å². The highest BCUT2D eigenvalue weighted by atomic mass is 79.9. The van der Waals surface area contributed by atoms with Crippen molar-refractivity contribution in [3.63, 3.8) is 0 Å². The number of likely N-dealkylation sites (N-methyl/N-ethyl adjacent to an activating group) is 1. The van der Waals surface area contributed by atoms with Crippen LogP contribution in [0.5, 0.6) is 0 Å². The van der Waals surface area contributed by atoms with Gasteiger partial charge in [-0.25, -0.2) is 9.97 Å². The number of nitrogens with zero attached hydrogens (tertiary/aromatic N) is 4. The van der Waals surface area contributed by atoms with Crippen LogP contribution in [0.4, 0.5) is 5.82 Å². The summed E-state index contributed by atoms with van der Waals surface area (Å²) >= 11 is 3.51. The molecule has 88 valence electrons. The average Bonchev–Trinajstić information content (AvgIpc) is 2.30. The number of hydrogen-bond donors (Lipinski definition) is 0. The van der Waals surface area contributed by atoms with E-state index in [4.69, 9.17) is 0 Å². The van der Waals surface area contributed by atoms with Gasteiger partial charge in [-0.15, -0.1) is 0 Å². The maximum absolute atomic E-state index is 4.35. The monoisotopic (exact) mass is 284 g/mol. The number of halogens is 1. The quantitative estimate of drug-likeness (QED) is 0.829. The van der Waals surface area contributed by atoms with Gasteiger partial charge in [0.05, 0.1) is 4.47 Å². The Bertz CT molecular complexity index is 356. The molecule has 1 saturated heterocycles. The van der Waals surface area contributed by atoms with Gasteiger partial charge < -0.3 is 9.80 Å². The first-order chi connectivity index (χ1) is 7.68. The summed E-state index contributed by atoms with van der Waals surface area (Å²) in [5.74, 6) is 1.02. The second-order valence-electron chi connectivity index (χ2n) is 4.40. The number of anilines is 1. The lowest BCUT2D eigenvalue weighted by Gasteiger charge is -2.37. The molecule has 2 heterocycles. The van der Waals surface area contributed by atoms with Gasteiger partial charge in [-0.3, -0.25) is 0 Å². The molecule has 0 N–H and O–H groups in total. The fourth-order valence-electron chi connectivity index (χ4n) is 2.11. The summed E-state index contributed by atoms with van der Waals surface area (Å²) in [5, 5.41) is 0. The summed E-state index contributed by atoms with van der Waals surface area (Å²) in [5.41, 5.74) is 0. The van der Waals surface area contributed by atoms with Crippen LogP contribution in [0.1, 0.15) is 12.8 Å². The largest absolute Gasteiger partial charge is 0.354 e. The third kappa shape index (κ3) is 2.52. The van der Waals surface area contributed by atoms with Gasteiger partial charge in [0.1, 0.15) is 12.1 Å². The van der Waals surface area contributed by atoms with Gasteiger partial charge in [0.25, 0.3) is 0 Å². The van der Waals surface area contributed by atoms with Crippen LogP contribution in [0.2, 0.25) is 0 Å². The maximum atomic E-state index is 4.35. The Morgan fingerprint density at radius 1 is 1.50 bits per heavy atom. The first kappa shape index (κ1) is 11.8. The van der Waals surface area contributed by atoms with E-state index in [1.165, 1.54) is 12.8 Å². The highest BCUT2D eigenvalue weighted by Gasteiger charge is 2.23. The van der Waals surface area contributed by atoms with Crippen molar-refractivity contribution in [1.82, 2.24) is 14.9 Å². The van der Waals surface area contributed by atoms with Crippen molar-refractivity contribution in [3.8, 4) is 0 Å². The van der Waals surface area contributed by atoms with Crippen LogP contribution in [0.3, 0.4) is 0 Å². The SMILES string of the molecule is CN(C)C1CCCN(c2ncncc2Br)C1. The molecule has 0 amide bonds. The highest BCUT2D eigenvalue weighted by molar-refractivity contribution is 9.10. The minimum atomic E-state index is 0.621. The van der Waals surface area contributed by atoms with Gasteiger partial charge in [0, 0.05) is 25.3 Å². The van der Waals surface area contributed by atoms with Crippen LogP contribution in [0, 0.1) is 0 Å². The van der Waals surface area contributed by atoms with E-state index in [2.05, 4.69) is 49.8 Å². The molecule has 1 unspecified atom stereocenters. The average molecular weight is 285 g/mol. The molecule has 1 fully saturated rings. The van der Waals surface area contributed by atoms with Crippen molar-refractivity contribution in [3.05, 3.63) is 17.0 Å². The molecular formula is C11H17BrN4. The minimum Gasteiger partial charge on any atom is -0.354 e. The second-order valence-corrected chi connectivity index (χ2v) is 5.25. The molecule has 16 heavy (non-hydrogen) atoms. The molecule has 0 saturated carbocycles. The Morgan fingerprint density at radius 3 is 3.00 bits per heavy atom. The Kier molecular flexibility index (Phi) is 3.76. The summed E-state index contributed by atoms with van der Waals surface area (Å²) in [6, 6.07) is 0.621. The molecule has 0 bridgehead atoms. The van der Waals surface area contributed by atoms with E-state index in [0.717, 1.165) is 23.4 Å². The van der Waals surface area contributed by atoms with Crippen molar-refractivity contribution in [1.29, 1.82) is 0 Å². The summed E-state index contributed by atoms with van der Waals surface area (Å²) in [4.78, 5) is 13.0. The number of aromatic nitrogens is 2. The third-order valence-electron chi connectivity index (χ3n) is 3.07. The van der Waals surface area contributed by atoms with E-state index in [-0.39, 0.29) is 0 Å². The lowest BCUT2D eigenvalue weighted by molar-refractivity contribution is 0.257. The summed E-state index contributed by atoms with van der Waals surface area (Å²) in [6.07, 6.45) is 5.91. The van der Waals surface area contributed by atoms with E-state index in [1.807, 2.05) is 6.20 Å². The molecule has 0 radical (unpaired) electrons. The van der Waals surface area contributed by atoms with Gasteiger partial charge in [-0.1, -0.05) is 0 Å². The topological polar surface area (TPSA) is 32.3 Å². The Hall–Kier alpha value is -0.680. The van der Waals surface area contributed by atoms with Crippen LogP contribution < -0.4 is 4.90 Å². The number of rotatable bonds is 2. The summed E-state index contributed by atoms with van der Waals surface area (Å²) < 4.78 is 0.981. The van der Waals surface area contributed by atoms with E-state index in [0.29, 0.717) is 6.04 Å². The van der Waals surface area contributed by atoms with Crippen LogP contribution in [0.25, 0.3) is 0 Å². The lowest BCUT2D eigenvalue weighted by atomic mass is 10.1. The van der Waals surface area contributed by atoms with E-state index in [9.17, 15) is 0 Å². The standard InChI is InChI=1S/C11H17BrN4/c1-15(2)9-4-3-5-16(7-9)11-10(12)6-13-8-14-11/h6,8-9H,3-5,7H2,1-2H3. The molecule has 1 aromatic rings. The summed E-state index contributed by atoms with van der Waals surface area (Å²) in [6.45, 7) is 2.13. The van der Waals surface area contributed by atoms with E-state index < -0.39 is 0 Å². The van der Waals surface area contributed by atoms with Gasteiger partial charge in [0.15, 0.2) is 0 Å². The van der Waals surface area contributed by atoms with E-state index >= 15 is 0 Å². The zero-order chi connectivity index (χ0) is 11.5. The van der Waals surface area contributed by atoms with Crippen molar-refractivity contribution >= 4 is 21.7 Å². The number of hydrogen-bond acceptors (Lipinski definition) is 4. The Balaban J connectivity index is 2.13. The molecule has 1 aliphatic heterocycles. The minimum absolute atomic E-state index is 0.621. The molecule has 0 aromatic carbocycles. The van der Waals surface area contributed by atoms with Crippen molar-refractivity contribution in [2.24, 2.45) is 0 Å². The summed E-state index contributed by atoms with van der Waals surface area (Å²) in [7, 11) is 4.28.